The Morgan fingerprint density at radius 1 is 0.962 bits per heavy atom. The Labute approximate surface area is 164 Å². The highest BCUT2D eigenvalue weighted by molar-refractivity contribution is 7.26. The largest absolute Gasteiger partial charge is 0.508 e. The van der Waals surface area contributed by atoms with E-state index in [4.69, 9.17) is 4.74 Å². The molecule has 1 N–H and O–H groups in total. The minimum atomic E-state index is -1.67. The maximum Gasteiger partial charge on any atom is 0.136 e. The van der Waals surface area contributed by atoms with Gasteiger partial charge in [0.05, 0.1) is 6.23 Å². The van der Waals surface area contributed by atoms with E-state index in [0.29, 0.717) is 5.75 Å². The molecule has 2 nitrogen and oxygen atoms in total. The molecule has 1 heterocycles. The van der Waals surface area contributed by atoms with Crippen molar-refractivity contribution >= 4 is 23.9 Å². The van der Waals surface area contributed by atoms with E-state index in [1.807, 2.05) is 17.4 Å². The van der Waals surface area contributed by atoms with Gasteiger partial charge in [-0.15, -0.1) is 0 Å². The Hall–Kier alpha value is -1.26. The summed E-state index contributed by atoms with van der Waals surface area (Å²) in [6, 6.07) is 8.42. The number of aryl methyl sites for hydroxylation is 1. The van der Waals surface area contributed by atoms with Gasteiger partial charge in [-0.2, -0.15) is 11.3 Å². The van der Waals surface area contributed by atoms with Gasteiger partial charge in [0.1, 0.15) is 19.6 Å². The second-order valence-electron chi connectivity index (χ2n) is 9.95. The van der Waals surface area contributed by atoms with Gasteiger partial charge in [0.2, 0.25) is 0 Å². The minimum absolute atomic E-state index is 0.0888. The fourth-order valence-electron chi connectivity index (χ4n) is 3.00. The Morgan fingerprint density at radius 2 is 1.54 bits per heavy atom. The molecular formula is C22H34O2SSi. The Kier molecular flexibility index (Phi) is 5.70. The van der Waals surface area contributed by atoms with Gasteiger partial charge in [-0.3, -0.25) is 0 Å². The third kappa shape index (κ3) is 4.71. The first-order valence-corrected chi connectivity index (χ1v) is 13.3. The Morgan fingerprint density at radius 3 is 2.00 bits per heavy atom. The van der Waals surface area contributed by atoms with Crippen LogP contribution in [0.25, 0.3) is 0 Å². The van der Waals surface area contributed by atoms with E-state index < -0.39 is 8.07 Å². The molecule has 1 aromatic carbocycles. The number of hydrogen-bond donors (Lipinski definition) is 1. The van der Waals surface area contributed by atoms with Gasteiger partial charge in [0, 0.05) is 16.0 Å². The van der Waals surface area contributed by atoms with Crippen molar-refractivity contribution in [3.05, 3.63) is 40.3 Å². The molecule has 0 saturated heterocycles. The highest BCUT2D eigenvalue weighted by atomic mass is 32.1. The maximum absolute atomic E-state index is 10.6. The van der Waals surface area contributed by atoms with Crippen LogP contribution in [0.15, 0.2) is 24.3 Å². The van der Waals surface area contributed by atoms with Crippen LogP contribution >= 0.6 is 11.3 Å². The van der Waals surface area contributed by atoms with E-state index in [1.54, 1.807) is 0 Å². The molecule has 0 unspecified atom stereocenters. The molecule has 4 heteroatoms. The van der Waals surface area contributed by atoms with Crippen LogP contribution in [0.4, 0.5) is 0 Å². The average molecular weight is 391 g/mol. The lowest BCUT2D eigenvalue weighted by molar-refractivity contribution is 0.360. The normalized spacial score (nSPS) is 13.1. The number of hydrogen-bond acceptors (Lipinski definition) is 3. The Balaban J connectivity index is 2.40. The minimum Gasteiger partial charge on any atom is -0.508 e. The van der Waals surface area contributed by atoms with Gasteiger partial charge in [0.25, 0.3) is 0 Å². The van der Waals surface area contributed by atoms with E-state index >= 15 is 0 Å². The first-order valence-electron chi connectivity index (χ1n) is 9.29. The molecule has 0 spiro atoms. The predicted octanol–water partition coefficient (Wildman–Crippen LogP) is 5.89. The zero-order chi connectivity index (χ0) is 19.9. The molecule has 0 radical (unpaired) electrons. The zero-order valence-corrected chi connectivity index (χ0v) is 19.6. The molecule has 0 aliphatic carbocycles. The highest BCUT2D eigenvalue weighted by Gasteiger charge is 2.30. The number of ether oxygens (including phenoxy) is 1. The summed E-state index contributed by atoms with van der Waals surface area (Å²) in [4.78, 5) is 1.36. The number of thiophene rings is 1. The summed E-state index contributed by atoms with van der Waals surface area (Å²) in [5.74, 6) is 1.27. The van der Waals surface area contributed by atoms with Crippen LogP contribution in [-0.4, -0.2) is 19.4 Å². The quantitative estimate of drug-likeness (QED) is 0.659. The van der Waals surface area contributed by atoms with Gasteiger partial charge < -0.3 is 9.84 Å². The average Bonchev–Trinajstić information content (AvgIpc) is 2.91. The summed E-state index contributed by atoms with van der Waals surface area (Å²) in [5.41, 5.74) is 1.78. The van der Waals surface area contributed by atoms with E-state index in [1.165, 1.54) is 9.38 Å². The fraction of sp³-hybridized carbons (Fsp3) is 0.545. The molecule has 0 saturated carbocycles. The van der Waals surface area contributed by atoms with E-state index in [-0.39, 0.29) is 10.8 Å². The zero-order valence-electron chi connectivity index (χ0n) is 17.8. The topological polar surface area (TPSA) is 29.5 Å². The molecule has 0 aliphatic rings. The van der Waals surface area contributed by atoms with Crippen LogP contribution in [0.2, 0.25) is 13.1 Å². The number of rotatable bonds is 4. The van der Waals surface area contributed by atoms with Crippen molar-refractivity contribution in [2.24, 2.45) is 0 Å². The van der Waals surface area contributed by atoms with Crippen molar-refractivity contribution < 1.29 is 9.84 Å². The van der Waals surface area contributed by atoms with Crippen LogP contribution in [-0.2, 0) is 10.8 Å². The third-order valence-corrected chi connectivity index (χ3v) is 9.85. The first kappa shape index (κ1) is 21.0. The molecule has 144 valence electrons. The van der Waals surface area contributed by atoms with Crippen LogP contribution < -0.4 is 9.24 Å². The molecule has 0 aliphatic heterocycles. The fourth-order valence-corrected chi connectivity index (χ4v) is 6.58. The smallest absolute Gasteiger partial charge is 0.136 e. The lowest BCUT2D eigenvalue weighted by atomic mass is 9.81. The molecule has 1 aromatic heterocycles. The van der Waals surface area contributed by atoms with Gasteiger partial charge in [-0.1, -0.05) is 60.7 Å². The summed E-state index contributed by atoms with van der Waals surface area (Å²) in [5, 5.41) is 10.6. The van der Waals surface area contributed by atoms with Gasteiger partial charge in [0.15, 0.2) is 0 Å². The number of benzene rings is 1. The number of phenolic OH excluding ortho intramolecular Hbond substituents is 1. The van der Waals surface area contributed by atoms with Crippen LogP contribution in [0.3, 0.4) is 0 Å². The molecule has 2 rings (SSSR count). The summed E-state index contributed by atoms with van der Waals surface area (Å²) in [6.07, 6.45) is 0.740. The van der Waals surface area contributed by atoms with E-state index in [9.17, 15) is 5.11 Å². The third-order valence-electron chi connectivity index (χ3n) is 4.71. The summed E-state index contributed by atoms with van der Waals surface area (Å²) in [7, 11) is -1.67. The molecule has 2 aromatic rings. The lowest BCUT2D eigenvalue weighted by Gasteiger charge is -2.29. The predicted molar refractivity (Wildman–Crippen MR) is 117 cm³/mol. The van der Waals surface area contributed by atoms with Crippen molar-refractivity contribution in [3.8, 4) is 11.5 Å². The van der Waals surface area contributed by atoms with Crippen molar-refractivity contribution in [1.29, 1.82) is 0 Å². The Bertz CT molecular complexity index is 776. The second-order valence-corrected chi connectivity index (χ2v) is 16.2. The summed E-state index contributed by atoms with van der Waals surface area (Å²) < 4.78 is 7.91. The molecule has 0 fully saturated rings. The standard InChI is InChI=1S/C22H34O2SSi/c1-15-10-11-20(25-15)26(8,9)14-24-19-13-16(21(2,3)4)18(23)12-17(19)22(5,6)7/h10-13,23H,14H2,1-9H3. The highest BCUT2D eigenvalue weighted by Crippen LogP contribution is 2.40. The van der Waals surface area contributed by atoms with Crippen molar-refractivity contribution in [1.82, 2.24) is 0 Å². The number of phenols is 1. The van der Waals surface area contributed by atoms with Gasteiger partial charge in [-0.05, 0) is 40.5 Å². The van der Waals surface area contributed by atoms with Crippen LogP contribution in [0.5, 0.6) is 11.5 Å². The molecule has 0 atom stereocenters. The summed E-state index contributed by atoms with van der Waals surface area (Å²) in [6.45, 7) is 19.7. The summed E-state index contributed by atoms with van der Waals surface area (Å²) >= 11 is 1.89. The molecule has 0 bridgehead atoms. The SMILES string of the molecule is Cc1ccc([Si](C)(C)COc2cc(C(C)(C)C)c(O)cc2C(C)(C)C)s1. The van der Waals surface area contributed by atoms with E-state index in [2.05, 4.69) is 79.8 Å². The van der Waals surface area contributed by atoms with Crippen molar-refractivity contribution in [2.45, 2.75) is 72.4 Å². The maximum atomic E-state index is 10.6. The van der Waals surface area contributed by atoms with Crippen LogP contribution in [0, 0.1) is 6.92 Å². The van der Waals surface area contributed by atoms with Gasteiger partial charge in [-0.25, -0.2) is 0 Å². The second kappa shape index (κ2) is 7.04. The molecule has 26 heavy (non-hydrogen) atoms. The van der Waals surface area contributed by atoms with E-state index in [0.717, 1.165) is 23.1 Å². The first-order chi connectivity index (χ1) is 11.7. The monoisotopic (exact) mass is 390 g/mol. The number of aromatic hydroxyl groups is 1. The van der Waals surface area contributed by atoms with Crippen molar-refractivity contribution in [2.75, 3.05) is 6.23 Å². The lowest BCUT2D eigenvalue weighted by Crippen LogP contribution is -2.46. The van der Waals surface area contributed by atoms with Crippen LogP contribution in [0.1, 0.15) is 57.5 Å². The molecular weight excluding hydrogens is 356 g/mol. The molecule has 0 amide bonds. The van der Waals surface area contributed by atoms with Crippen molar-refractivity contribution in [3.63, 3.8) is 0 Å². The van der Waals surface area contributed by atoms with Gasteiger partial charge >= 0.3 is 0 Å².